The van der Waals surface area contributed by atoms with Crippen molar-refractivity contribution in [2.45, 2.75) is 70.1 Å². The number of hydrogen-bond donors (Lipinski definition) is 1. The summed E-state index contributed by atoms with van der Waals surface area (Å²) >= 11 is 0. The predicted molar refractivity (Wildman–Crippen MR) is 74.8 cm³/mol. The summed E-state index contributed by atoms with van der Waals surface area (Å²) in [6.07, 6.45) is 10.8. The minimum atomic E-state index is 0.561. The molecule has 5 fully saturated rings. The van der Waals surface area contributed by atoms with Crippen molar-refractivity contribution in [2.75, 3.05) is 6.61 Å². The van der Waals surface area contributed by atoms with Crippen LogP contribution in [-0.2, 0) is 4.74 Å². The topological polar surface area (TPSA) is 21.3 Å². The van der Waals surface area contributed by atoms with Crippen LogP contribution in [0.25, 0.3) is 0 Å². The number of hydrogen-bond acceptors (Lipinski definition) is 2. The van der Waals surface area contributed by atoms with Crippen molar-refractivity contribution in [3.05, 3.63) is 0 Å². The number of nitrogens with one attached hydrogen (secondary N) is 1. The molecule has 2 nitrogen and oxygen atoms in total. The largest absolute Gasteiger partial charge is 0.378 e. The lowest BCUT2D eigenvalue weighted by Crippen LogP contribution is -2.67. The van der Waals surface area contributed by atoms with Gasteiger partial charge < -0.3 is 10.1 Å². The van der Waals surface area contributed by atoms with E-state index in [1.54, 1.807) is 19.3 Å². The van der Waals surface area contributed by atoms with E-state index in [-0.39, 0.29) is 0 Å². The molecule has 0 aromatic carbocycles. The Morgan fingerprint density at radius 3 is 2.42 bits per heavy atom. The maximum absolute atomic E-state index is 5.98. The third kappa shape index (κ3) is 1.35. The summed E-state index contributed by atoms with van der Waals surface area (Å²) in [5, 5.41) is 4.09. The summed E-state index contributed by atoms with van der Waals surface area (Å²) in [5.74, 6) is 4.38. The molecule has 5 aliphatic carbocycles. The molecule has 6 unspecified atom stereocenters. The van der Waals surface area contributed by atoms with E-state index in [0.29, 0.717) is 11.5 Å². The zero-order valence-corrected chi connectivity index (χ0v) is 12.1. The van der Waals surface area contributed by atoms with Crippen LogP contribution in [0.4, 0.5) is 0 Å². The summed E-state index contributed by atoms with van der Waals surface area (Å²) in [7, 11) is 0. The van der Waals surface area contributed by atoms with E-state index in [1.807, 2.05) is 0 Å². The first-order valence-electron chi connectivity index (χ1n) is 8.71. The summed E-state index contributed by atoms with van der Waals surface area (Å²) in [6.45, 7) is 3.05. The first-order valence-corrected chi connectivity index (χ1v) is 8.71. The van der Waals surface area contributed by atoms with Gasteiger partial charge in [0.2, 0.25) is 0 Å². The lowest BCUT2D eigenvalue weighted by Gasteiger charge is -2.61. The first kappa shape index (κ1) is 11.6. The van der Waals surface area contributed by atoms with E-state index in [9.17, 15) is 0 Å². The second kappa shape index (κ2) is 3.76. The number of rotatable bonds is 4. The van der Waals surface area contributed by atoms with Crippen molar-refractivity contribution < 1.29 is 4.74 Å². The molecule has 0 heterocycles. The second-order valence-electron chi connectivity index (χ2n) is 8.00. The van der Waals surface area contributed by atoms with Crippen LogP contribution in [0.2, 0.25) is 0 Å². The molecule has 0 radical (unpaired) electrons. The average Bonchev–Trinajstić information content (AvgIpc) is 2.73. The van der Waals surface area contributed by atoms with E-state index in [0.717, 1.165) is 42.4 Å². The molecule has 5 saturated carbocycles. The van der Waals surface area contributed by atoms with Crippen LogP contribution < -0.4 is 5.32 Å². The lowest BCUT2D eigenvalue weighted by atomic mass is 9.51. The highest BCUT2D eigenvalue weighted by Gasteiger charge is 2.67. The molecule has 6 atom stereocenters. The smallest absolute Gasteiger partial charge is 0.0661 e. The zero-order chi connectivity index (χ0) is 12.6. The quantitative estimate of drug-likeness (QED) is 0.840. The highest BCUT2D eigenvalue weighted by Crippen LogP contribution is 2.67. The van der Waals surface area contributed by atoms with E-state index in [2.05, 4.69) is 12.2 Å². The predicted octanol–water partition coefficient (Wildman–Crippen LogP) is 2.97. The lowest BCUT2D eigenvalue weighted by molar-refractivity contribution is -0.173. The molecule has 5 rings (SSSR count). The molecule has 0 aromatic heterocycles. The molecular weight excluding hydrogens is 234 g/mol. The Labute approximate surface area is 116 Å². The molecule has 5 aliphatic rings. The highest BCUT2D eigenvalue weighted by atomic mass is 16.5. The third-order valence-electron chi connectivity index (χ3n) is 7.57. The van der Waals surface area contributed by atoms with Crippen LogP contribution in [0.3, 0.4) is 0 Å². The average molecular weight is 261 g/mol. The minimum absolute atomic E-state index is 0.561. The monoisotopic (exact) mass is 261 g/mol. The van der Waals surface area contributed by atoms with Gasteiger partial charge in [-0.1, -0.05) is 6.42 Å². The third-order valence-corrected chi connectivity index (χ3v) is 7.57. The molecule has 2 heteroatoms. The molecule has 0 saturated heterocycles. The molecule has 0 amide bonds. The van der Waals surface area contributed by atoms with Gasteiger partial charge in [-0.15, -0.1) is 0 Å². The van der Waals surface area contributed by atoms with E-state index in [1.165, 1.54) is 25.7 Å². The number of fused-ring (bicyclic) bond motifs is 5. The fourth-order valence-electron chi connectivity index (χ4n) is 6.45. The fourth-order valence-corrected chi connectivity index (χ4v) is 6.45. The van der Waals surface area contributed by atoms with Gasteiger partial charge in [0.15, 0.2) is 0 Å². The van der Waals surface area contributed by atoms with Crippen LogP contribution in [0.1, 0.15) is 51.9 Å². The normalized spacial score (nSPS) is 55.7. The minimum Gasteiger partial charge on any atom is -0.378 e. The standard InChI is InChI=1S/C17H27NO/c1-2-19-13-9-12(17(13)6-3-7-17)18-16-14-10-4-5-11(8-10)15(14)16/h10-16,18H,2-9H2,1H3. The van der Waals surface area contributed by atoms with Gasteiger partial charge in [0.05, 0.1) is 6.10 Å². The SMILES string of the molecule is CCOC1CC(NC2C3C4CCC(C4)C23)C12CCC2. The Hall–Kier alpha value is -0.0800. The molecule has 106 valence electrons. The van der Waals surface area contributed by atoms with Gasteiger partial charge in [-0.25, -0.2) is 0 Å². The Balaban J connectivity index is 1.25. The van der Waals surface area contributed by atoms with Crippen molar-refractivity contribution in [3.63, 3.8) is 0 Å². The van der Waals surface area contributed by atoms with Gasteiger partial charge in [-0.05, 0) is 69.1 Å². The van der Waals surface area contributed by atoms with Gasteiger partial charge >= 0.3 is 0 Å². The van der Waals surface area contributed by atoms with Gasteiger partial charge in [0.1, 0.15) is 0 Å². The van der Waals surface area contributed by atoms with Crippen molar-refractivity contribution in [3.8, 4) is 0 Å². The van der Waals surface area contributed by atoms with E-state index in [4.69, 9.17) is 4.74 Å². The fraction of sp³-hybridized carbons (Fsp3) is 1.00. The summed E-state index contributed by atoms with van der Waals surface area (Å²) < 4.78 is 5.98. The van der Waals surface area contributed by atoms with Crippen molar-refractivity contribution in [2.24, 2.45) is 29.1 Å². The number of ether oxygens (including phenoxy) is 1. The Kier molecular flexibility index (Phi) is 2.29. The van der Waals surface area contributed by atoms with Crippen molar-refractivity contribution in [1.82, 2.24) is 5.32 Å². The van der Waals surface area contributed by atoms with Crippen LogP contribution in [0.5, 0.6) is 0 Å². The van der Waals surface area contributed by atoms with Crippen LogP contribution in [-0.4, -0.2) is 24.8 Å². The molecule has 0 aliphatic heterocycles. The van der Waals surface area contributed by atoms with Gasteiger partial charge in [0, 0.05) is 24.1 Å². The molecule has 2 bridgehead atoms. The van der Waals surface area contributed by atoms with Crippen LogP contribution >= 0.6 is 0 Å². The van der Waals surface area contributed by atoms with Gasteiger partial charge in [-0.3, -0.25) is 0 Å². The summed E-state index contributed by atoms with van der Waals surface area (Å²) in [5.41, 5.74) is 0.561. The molecule has 1 spiro atoms. The molecule has 19 heavy (non-hydrogen) atoms. The van der Waals surface area contributed by atoms with Crippen molar-refractivity contribution >= 4 is 0 Å². The molecule has 0 aromatic rings. The van der Waals surface area contributed by atoms with Crippen molar-refractivity contribution in [1.29, 1.82) is 0 Å². The van der Waals surface area contributed by atoms with E-state index >= 15 is 0 Å². The Morgan fingerprint density at radius 1 is 1.11 bits per heavy atom. The Morgan fingerprint density at radius 2 is 1.84 bits per heavy atom. The van der Waals surface area contributed by atoms with E-state index < -0.39 is 0 Å². The first-order chi connectivity index (χ1) is 9.33. The highest BCUT2D eigenvalue weighted by molar-refractivity contribution is 5.20. The maximum atomic E-state index is 5.98. The maximum Gasteiger partial charge on any atom is 0.0661 e. The summed E-state index contributed by atoms with van der Waals surface area (Å²) in [6, 6.07) is 1.71. The molecular formula is C17H27NO. The zero-order valence-electron chi connectivity index (χ0n) is 12.1. The van der Waals surface area contributed by atoms with Crippen LogP contribution in [0.15, 0.2) is 0 Å². The van der Waals surface area contributed by atoms with Gasteiger partial charge in [0.25, 0.3) is 0 Å². The Bertz CT molecular complexity index is 375. The summed E-state index contributed by atoms with van der Waals surface area (Å²) in [4.78, 5) is 0. The van der Waals surface area contributed by atoms with Crippen LogP contribution in [0, 0.1) is 29.1 Å². The molecule has 1 N–H and O–H groups in total. The van der Waals surface area contributed by atoms with Gasteiger partial charge in [-0.2, -0.15) is 0 Å². The second-order valence-corrected chi connectivity index (χ2v) is 8.00.